The molecule has 0 spiro atoms. The molecule has 1 unspecified atom stereocenters. The fourth-order valence-corrected chi connectivity index (χ4v) is 9.09. The highest BCUT2D eigenvalue weighted by Gasteiger charge is 2.29. The van der Waals surface area contributed by atoms with Crippen molar-refractivity contribution in [3.8, 4) is 72.4 Å². The number of hydrogen-bond donors (Lipinski definition) is 0. The Labute approximate surface area is 347 Å². The summed E-state index contributed by atoms with van der Waals surface area (Å²) in [5.74, 6) is 0.478. The molecule has 10 aromatic rings. The number of nitrogens with zero attached hydrogens (tertiary/aromatic N) is 1. The molecule has 0 aliphatic heterocycles. The molecular weight excluding hydrogens is 711 g/mol. The first-order chi connectivity index (χ1) is 29.2. The van der Waals surface area contributed by atoms with Crippen molar-refractivity contribution in [1.29, 1.82) is 0 Å². The maximum absolute atomic E-state index is 2.41. The number of fused-ring (bicyclic) bond motifs is 3. The van der Waals surface area contributed by atoms with Crippen molar-refractivity contribution in [2.24, 2.45) is 0 Å². The molecular formula is C58H45N. The highest BCUT2D eigenvalue weighted by atomic mass is 15.0. The van der Waals surface area contributed by atoms with Gasteiger partial charge < -0.3 is 4.57 Å². The van der Waals surface area contributed by atoms with Gasteiger partial charge in [-0.3, -0.25) is 0 Å². The van der Waals surface area contributed by atoms with E-state index in [0.717, 1.165) is 12.1 Å². The zero-order chi connectivity index (χ0) is 39.7. The Morgan fingerprint density at radius 1 is 0.322 bits per heavy atom. The second-order valence-corrected chi connectivity index (χ2v) is 15.6. The number of aromatic nitrogens is 1. The van der Waals surface area contributed by atoms with Crippen molar-refractivity contribution in [2.75, 3.05) is 0 Å². The lowest BCUT2D eigenvalue weighted by Gasteiger charge is -2.29. The Balaban J connectivity index is 1.37. The van der Waals surface area contributed by atoms with Crippen LogP contribution in [-0.4, -0.2) is 4.57 Å². The van der Waals surface area contributed by atoms with Gasteiger partial charge in [-0.25, -0.2) is 0 Å². The zero-order valence-corrected chi connectivity index (χ0v) is 33.5. The van der Waals surface area contributed by atoms with Gasteiger partial charge in [0.25, 0.3) is 0 Å². The largest absolute Gasteiger partial charge is 0.309 e. The third-order valence-electron chi connectivity index (χ3n) is 12.1. The standard InChI is InChI=1S/C58H45N/c1-3-40(2)41-32-34-46(35-33-41)57-55(44-24-12-6-13-25-44)53(42-20-8-4-9-21-42)54(43-22-10-5-11-23-43)56(45-26-14-7-15-27-45)58(57)47-36-38-48(39-37-47)59-51-30-18-16-28-49(51)50-29-17-19-31-52(50)59/h4-40H,3H2,1-2H3. The van der Waals surface area contributed by atoms with Gasteiger partial charge in [0, 0.05) is 16.5 Å². The first-order valence-electron chi connectivity index (χ1n) is 20.8. The molecule has 0 radical (unpaired) electrons. The number of para-hydroxylation sites is 2. The van der Waals surface area contributed by atoms with E-state index in [4.69, 9.17) is 0 Å². The Morgan fingerprint density at radius 3 is 0.949 bits per heavy atom. The molecule has 1 atom stereocenters. The highest BCUT2D eigenvalue weighted by molar-refractivity contribution is 6.15. The van der Waals surface area contributed by atoms with Gasteiger partial charge in [0.2, 0.25) is 0 Å². The average molecular weight is 756 g/mol. The van der Waals surface area contributed by atoms with E-state index < -0.39 is 0 Å². The van der Waals surface area contributed by atoms with Crippen LogP contribution >= 0.6 is 0 Å². The van der Waals surface area contributed by atoms with Crippen LogP contribution in [0.3, 0.4) is 0 Å². The SMILES string of the molecule is CCC(C)c1ccc(-c2c(-c3ccccc3)c(-c3ccccc3)c(-c3ccccc3)c(-c3ccccc3)c2-c2ccc(-n3c4ccccc4c4ccccc43)cc2)cc1. The van der Waals surface area contributed by atoms with Gasteiger partial charge in [-0.1, -0.05) is 208 Å². The van der Waals surface area contributed by atoms with E-state index in [2.05, 4.69) is 237 Å². The average Bonchev–Trinajstić information content (AvgIpc) is 3.66. The molecule has 1 nitrogen and oxygen atoms in total. The Bertz CT molecular complexity index is 2980. The van der Waals surface area contributed by atoms with E-state index in [-0.39, 0.29) is 0 Å². The van der Waals surface area contributed by atoms with Crippen LogP contribution in [0.5, 0.6) is 0 Å². The fraction of sp³-hybridized carbons (Fsp3) is 0.0690. The summed E-state index contributed by atoms with van der Waals surface area (Å²) in [6.45, 7) is 4.60. The predicted octanol–water partition coefficient (Wildman–Crippen LogP) is 16.3. The molecule has 282 valence electrons. The quantitative estimate of drug-likeness (QED) is 0.138. The van der Waals surface area contributed by atoms with Gasteiger partial charge in [-0.05, 0) is 109 Å². The smallest absolute Gasteiger partial charge is 0.0541 e. The Hall–Kier alpha value is -7.22. The summed E-state index contributed by atoms with van der Waals surface area (Å²) < 4.78 is 2.41. The van der Waals surface area contributed by atoms with Crippen LogP contribution in [0.25, 0.3) is 94.3 Å². The van der Waals surface area contributed by atoms with Gasteiger partial charge >= 0.3 is 0 Å². The molecule has 0 saturated heterocycles. The zero-order valence-electron chi connectivity index (χ0n) is 33.5. The Morgan fingerprint density at radius 2 is 0.610 bits per heavy atom. The van der Waals surface area contributed by atoms with Crippen molar-refractivity contribution < 1.29 is 0 Å². The normalized spacial score (nSPS) is 11.9. The minimum absolute atomic E-state index is 0.478. The van der Waals surface area contributed by atoms with Crippen LogP contribution in [0.4, 0.5) is 0 Å². The van der Waals surface area contributed by atoms with E-state index in [0.29, 0.717) is 5.92 Å². The van der Waals surface area contributed by atoms with Crippen LogP contribution in [-0.2, 0) is 0 Å². The summed E-state index contributed by atoms with van der Waals surface area (Å²) in [5, 5.41) is 2.52. The second-order valence-electron chi connectivity index (χ2n) is 15.6. The molecule has 1 heterocycles. The van der Waals surface area contributed by atoms with E-state index in [9.17, 15) is 0 Å². The highest BCUT2D eigenvalue weighted by Crippen LogP contribution is 2.56. The van der Waals surface area contributed by atoms with E-state index >= 15 is 0 Å². The van der Waals surface area contributed by atoms with Crippen molar-refractivity contribution in [2.45, 2.75) is 26.2 Å². The molecule has 59 heavy (non-hydrogen) atoms. The fourth-order valence-electron chi connectivity index (χ4n) is 9.09. The number of hydrogen-bond acceptors (Lipinski definition) is 0. The first kappa shape index (κ1) is 36.1. The third kappa shape index (κ3) is 6.46. The van der Waals surface area contributed by atoms with Crippen LogP contribution < -0.4 is 0 Å². The molecule has 1 heteroatoms. The van der Waals surface area contributed by atoms with Crippen LogP contribution in [0.1, 0.15) is 31.7 Å². The number of rotatable bonds is 9. The summed E-state index contributed by atoms with van der Waals surface area (Å²) in [6.07, 6.45) is 1.10. The van der Waals surface area contributed by atoms with Gasteiger partial charge in [-0.15, -0.1) is 0 Å². The molecule has 0 aliphatic carbocycles. The molecule has 0 bridgehead atoms. The molecule has 0 amide bonds. The molecule has 9 aromatic carbocycles. The van der Waals surface area contributed by atoms with Crippen molar-refractivity contribution in [1.82, 2.24) is 4.57 Å². The summed E-state index contributed by atoms with van der Waals surface area (Å²) >= 11 is 0. The van der Waals surface area contributed by atoms with Gasteiger partial charge in [0.05, 0.1) is 11.0 Å². The van der Waals surface area contributed by atoms with Gasteiger partial charge in [0.1, 0.15) is 0 Å². The lowest BCUT2D eigenvalue weighted by Crippen LogP contribution is -2.02. The van der Waals surface area contributed by atoms with Crippen LogP contribution in [0.2, 0.25) is 0 Å². The lowest BCUT2D eigenvalue weighted by atomic mass is 9.74. The molecule has 10 rings (SSSR count). The minimum Gasteiger partial charge on any atom is -0.309 e. The van der Waals surface area contributed by atoms with Gasteiger partial charge in [0.15, 0.2) is 0 Å². The molecule has 0 saturated carbocycles. The first-order valence-corrected chi connectivity index (χ1v) is 20.8. The monoisotopic (exact) mass is 755 g/mol. The topological polar surface area (TPSA) is 4.93 Å². The van der Waals surface area contributed by atoms with Crippen LogP contribution in [0.15, 0.2) is 218 Å². The summed E-state index contributed by atoms with van der Waals surface area (Å²) in [6, 6.07) is 80.3. The van der Waals surface area contributed by atoms with Crippen molar-refractivity contribution in [3.05, 3.63) is 224 Å². The third-order valence-corrected chi connectivity index (χ3v) is 12.1. The van der Waals surface area contributed by atoms with E-state index in [1.165, 1.54) is 94.1 Å². The minimum atomic E-state index is 0.478. The molecule has 1 aromatic heterocycles. The summed E-state index contributed by atoms with van der Waals surface area (Å²) in [7, 11) is 0. The predicted molar refractivity (Wildman–Crippen MR) is 252 cm³/mol. The summed E-state index contributed by atoms with van der Waals surface area (Å²) in [5.41, 5.74) is 19.4. The van der Waals surface area contributed by atoms with E-state index in [1.807, 2.05) is 0 Å². The summed E-state index contributed by atoms with van der Waals surface area (Å²) in [4.78, 5) is 0. The maximum Gasteiger partial charge on any atom is 0.0541 e. The van der Waals surface area contributed by atoms with Crippen molar-refractivity contribution >= 4 is 21.8 Å². The lowest BCUT2D eigenvalue weighted by molar-refractivity contribution is 0.734. The van der Waals surface area contributed by atoms with Gasteiger partial charge in [-0.2, -0.15) is 0 Å². The van der Waals surface area contributed by atoms with Crippen LogP contribution in [0, 0.1) is 0 Å². The Kier molecular flexibility index (Phi) is 9.56. The number of benzene rings is 9. The van der Waals surface area contributed by atoms with Crippen molar-refractivity contribution in [3.63, 3.8) is 0 Å². The second kappa shape index (κ2) is 15.6. The molecule has 0 aliphatic rings. The molecule has 0 fully saturated rings. The van der Waals surface area contributed by atoms with E-state index in [1.54, 1.807) is 0 Å². The maximum atomic E-state index is 2.41. The molecule has 0 N–H and O–H groups in total.